The molecule has 5 nitrogen and oxygen atoms in total. The summed E-state index contributed by atoms with van der Waals surface area (Å²) in [5.41, 5.74) is 2.11. The quantitative estimate of drug-likeness (QED) is 0.880. The van der Waals surface area contributed by atoms with Crippen molar-refractivity contribution in [2.75, 3.05) is 7.05 Å². The number of hydrogen-bond acceptors (Lipinski definition) is 3. The Balaban J connectivity index is 2.53. The van der Waals surface area contributed by atoms with Crippen molar-refractivity contribution in [3.05, 3.63) is 23.7 Å². The SMILES string of the molecule is CNC(=O)C(C)(C)Cn1c(CCl)nc2c(C)ccnc21. The van der Waals surface area contributed by atoms with Gasteiger partial charge in [0, 0.05) is 19.8 Å². The van der Waals surface area contributed by atoms with E-state index in [0.717, 1.165) is 22.6 Å². The van der Waals surface area contributed by atoms with Crippen LogP contribution in [0.2, 0.25) is 0 Å². The van der Waals surface area contributed by atoms with Gasteiger partial charge in [-0.15, -0.1) is 11.6 Å². The molecule has 0 atom stereocenters. The minimum absolute atomic E-state index is 0.0208. The van der Waals surface area contributed by atoms with Crippen LogP contribution in [0, 0.1) is 12.3 Å². The minimum atomic E-state index is -0.561. The Bertz CT molecular complexity index is 648. The summed E-state index contributed by atoms with van der Waals surface area (Å²) in [6.45, 7) is 6.27. The Morgan fingerprint density at radius 2 is 2.20 bits per heavy atom. The summed E-state index contributed by atoms with van der Waals surface area (Å²) in [4.78, 5) is 20.9. The van der Waals surface area contributed by atoms with E-state index in [2.05, 4.69) is 15.3 Å². The van der Waals surface area contributed by atoms with Crippen LogP contribution in [0.25, 0.3) is 11.2 Å². The van der Waals surface area contributed by atoms with Crippen molar-refractivity contribution in [2.24, 2.45) is 5.41 Å². The predicted molar refractivity (Wildman–Crippen MR) is 79.7 cm³/mol. The fourth-order valence-electron chi connectivity index (χ4n) is 2.26. The van der Waals surface area contributed by atoms with Crippen LogP contribution in [0.3, 0.4) is 0 Å². The highest BCUT2D eigenvalue weighted by atomic mass is 35.5. The first-order valence-electron chi connectivity index (χ1n) is 6.49. The van der Waals surface area contributed by atoms with E-state index in [1.54, 1.807) is 13.2 Å². The zero-order valence-corrected chi connectivity index (χ0v) is 13.0. The summed E-state index contributed by atoms with van der Waals surface area (Å²) in [6, 6.07) is 1.92. The maximum atomic E-state index is 12.0. The van der Waals surface area contributed by atoms with Gasteiger partial charge < -0.3 is 9.88 Å². The van der Waals surface area contributed by atoms with Crippen LogP contribution < -0.4 is 5.32 Å². The minimum Gasteiger partial charge on any atom is -0.359 e. The normalized spacial score (nSPS) is 11.8. The Kier molecular flexibility index (Phi) is 3.99. The second-order valence-electron chi connectivity index (χ2n) is 5.51. The van der Waals surface area contributed by atoms with E-state index in [4.69, 9.17) is 11.6 Å². The number of nitrogens with zero attached hydrogens (tertiary/aromatic N) is 3. The molecule has 2 aromatic heterocycles. The lowest BCUT2D eigenvalue weighted by molar-refractivity contribution is -0.129. The van der Waals surface area contributed by atoms with Gasteiger partial charge in [-0.2, -0.15) is 0 Å². The van der Waals surface area contributed by atoms with Gasteiger partial charge in [0.25, 0.3) is 0 Å². The molecule has 2 rings (SSSR count). The number of alkyl halides is 1. The van der Waals surface area contributed by atoms with Crippen molar-refractivity contribution in [1.82, 2.24) is 19.9 Å². The standard InChI is InChI=1S/C14H19ClN4O/c1-9-5-6-17-12-11(9)18-10(7-15)19(12)8-14(2,3)13(20)16-4/h5-6H,7-8H2,1-4H3,(H,16,20). The number of aryl methyl sites for hydroxylation is 1. The first-order chi connectivity index (χ1) is 9.40. The molecule has 0 radical (unpaired) electrons. The number of pyridine rings is 1. The second kappa shape index (κ2) is 5.40. The number of hydrogen-bond donors (Lipinski definition) is 1. The molecule has 1 amide bonds. The van der Waals surface area contributed by atoms with Gasteiger partial charge in [-0.05, 0) is 32.4 Å². The molecule has 0 aliphatic rings. The Morgan fingerprint density at radius 3 is 2.80 bits per heavy atom. The van der Waals surface area contributed by atoms with Crippen molar-refractivity contribution in [3.8, 4) is 0 Å². The summed E-state index contributed by atoms with van der Waals surface area (Å²) < 4.78 is 1.94. The maximum Gasteiger partial charge on any atom is 0.227 e. The van der Waals surface area contributed by atoms with Gasteiger partial charge in [0.1, 0.15) is 11.3 Å². The van der Waals surface area contributed by atoms with E-state index in [9.17, 15) is 4.79 Å². The Labute approximate surface area is 123 Å². The van der Waals surface area contributed by atoms with Crippen molar-refractivity contribution in [1.29, 1.82) is 0 Å². The molecule has 0 bridgehead atoms. The lowest BCUT2D eigenvalue weighted by atomic mass is 9.92. The molecule has 6 heteroatoms. The van der Waals surface area contributed by atoms with Gasteiger partial charge in [0.15, 0.2) is 5.65 Å². The van der Waals surface area contributed by atoms with E-state index in [1.165, 1.54) is 0 Å². The molecule has 0 aliphatic heterocycles. The molecule has 0 aromatic carbocycles. The van der Waals surface area contributed by atoms with E-state index in [1.807, 2.05) is 31.4 Å². The molecular formula is C14H19ClN4O. The molecule has 20 heavy (non-hydrogen) atoms. The molecule has 0 saturated carbocycles. The largest absolute Gasteiger partial charge is 0.359 e. The number of nitrogens with one attached hydrogen (secondary N) is 1. The topological polar surface area (TPSA) is 59.8 Å². The van der Waals surface area contributed by atoms with Crippen LogP contribution in [0.4, 0.5) is 0 Å². The van der Waals surface area contributed by atoms with Crippen LogP contribution in [0.5, 0.6) is 0 Å². The first-order valence-corrected chi connectivity index (χ1v) is 7.03. The van der Waals surface area contributed by atoms with Crippen molar-refractivity contribution < 1.29 is 4.79 Å². The van der Waals surface area contributed by atoms with Gasteiger partial charge in [-0.25, -0.2) is 9.97 Å². The highest BCUT2D eigenvalue weighted by molar-refractivity contribution is 6.16. The van der Waals surface area contributed by atoms with Gasteiger partial charge in [-0.3, -0.25) is 4.79 Å². The maximum absolute atomic E-state index is 12.0. The van der Waals surface area contributed by atoms with E-state index in [-0.39, 0.29) is 5.91 Å². The highest BCUT2D eigenvalue weighted by Gasteiger charge is 2.29. The summed E-state index contributed by atoms with van der Waals surface area (Å²) in [5, 5.41) is 2.69. The van der Waals surface area contributed by atoms with E-state index < -0.39 is 5.41 Å². The summed E-state index contributed by atoms with van der Waals surface area (Å²) in [6.07, 6.45) is 1.75. The molecule has 0 unspecified atom stereocenters. The molecule has 2 heterocycles. The van der Waals surface area contributed by atoms with Crippen molar-refractivity contribution >= 4 is 28.7 Å². The molecule has 0 spiro atoms. The number of amides is 1. The highest BCUT2D eigenvalue weighted by Crippen LogP contribution is 2.25. The second-order valence-corrected chi connectivity index (χ2v) is 5.78. The fourth-order valence-corrected chi connectivity index (χ4v) is 2.46. The third-order valence-electron chi connectivity index (χ3n) is 3.43. The van der Waals surface area contributed by atoms with E-state index in [0.29, 0.717) is 12.4 Å². The zero-order valence-electron chi connectivity index (χ0n) is 12.2. The molecule has 2 aromatic rings. The third-order valence-corrected chi connectivity index (χ3v) is 3.67. The predicted octanol–water partition coefficient (Wildman–Crippen LogP) is 2.25. The van der Waals surface area contributed by atoms with Crippen LogP contribution >= 0.6 is 11.6 Å². The first kappa shape index (κ1) is 14.8. The molecule has 108 valence electrons. The van der Waals surface area contributed by atoms with Crippen LogP contribution in [-0.4, -0.2) is 27.5 Å². The number of halogens is 1. The van der Waals surface area contributed by atoms with E-state index >= 15 is 0 Å². The number of imidazole rings is 1. The number of fused-ring (bicyclic) bond motifs is 1. The lowest BCUT2D eigenvalue weighted by Gasteiger charge is -2.24. The number of aromatic nitrogens is 3. The third kappa shape index (κ3) is 2.50. The Hall–Kier alpha value is -1.62. The van der Waals surface area contributed by atoms with Gasteiger partial charge in [-0.1, -0.05) is 0 Å². The number of rotatable bonds is 4. The van der Waals surface area contributed by atoms with Gasteiger partial charge >= 0.3 is 0 Å². The summed E-state index contributed by atoms with van der Waals surface area (Å²) in [7, 11) is 1.64. The molecule has 1 N–H and O–H groups in total. The van der Waals surface area contributed by atoms with Gasteiger partial charge in [0.2, 0.25) is 5.91 Å². The average Bonchev–Trinajstić information content (AvgIpc) is 2.77. The zero-order chi connectivity index (χ0) is 14.9. The Morgan fingerprint density at radius 1 is 1.50 bits per heavy atom. The lowest BCUT2D eigenvalue weighted by Crippen LogP contribution is -2.38. The number of carbonyl (C=O) groups excluding carboxylic acids is 1. The van der Waals surface area contributed by atoms with Crippen LogP contribution in [0.15, 0.2) is 12.3 Å². The molecule has 0 fully saturated rings. The molecule has 0 saturated heterocycles. The molecular weight excluding hydrogens is 276 g/mol. The van der Waals surface area contributed by atoms with Crippen LogP contribution in [-0.2, 0) is 17.2 Å². The van der Waals surface area contributed by atoms with Crippen molar-refractivity contribution in [2.45, 2.75) is 33.2 Å². The monoisotopic (exact) mass is 294 g/mol. The van der Waals surface area contributed by atoms with Crippen LogP contribution in [0.1, 0.15) is 25.2 Å². The fraction of sp³-hybridized carbons (Fsp3) is 0.500. The van der Waals surface area contributed by atoms with Crippen molar-refractivity contribution in [3.63, 3.8) is 0 Å². The number of carbonyl (C=O) groups is 1. The summed E-state index contributed by atoms with van der Waals surface area (Å²) in [5.74, 6) is 1.01. The molecule has 0 aliphatic carbocycles. The average molecular weight is 295 g/mol. The summed E-state index contributed by atoms with van der Waals surface area (Å²) >= 11 is 5.99. The smallest absolute Gasteiger partial charge is 0.227 e. The van der Waals surface area contributed by atoms with Gasteiger partial charge in [0.05, 0.1) is 11.3 Å².